The number of likely N-dealkylation sites (tertiary alicyclic amines) is 1. The summed E-state index contributed by atoms with van der Waals surface area (Å²) in [5.74, 6) is -0.0694. The van der Waals surface area contributed by atoms with Gasteiger partial charge in [-0.1, -0.05) is 42.5 Å². The first-order valence-corrected chi connectivity index (χ1v) is 11.8. The molecule has 2 heterocycles. The number of nitriles is 1. The van der Waals surface area contributed by atoms with Crippen LogP contribution in [0.2, 0.25) is 0 Å². The van der Waals surface area contributed by atoms with Crippen molar-refractivity contribution in [2.75, 3.05) is 25.0 Å². The molecule has 168 valence electrons. The summed E-state index contributed by atoms with van der Waals surface area (Å²) in [5, 5.41) is 12.6. The second kappa shape index (κ2) is 10.3. The maximum atomic E-state index is 13.4. The lowest BCUT2D eigenvalue weighted by atomic mass is 10.0. The molecule has 1 N–H and O–H groups in total. The van der Waals surface area contributed by atoms with E-state index in [1.807, 2.05) is 42.2 Å². The van der Waals surface area contributed by atoms with Crippen molar-refractivity contribution in [3.05, 3.63) is 71.3 Å². The summed E-state index contributed by atoms with van der Waals surface area (Å²) >= 11 is 1.40. The molecule has 0 saturated carbocycles. The third-order valence-electron chi connectivity index (χ3n) is 5.66. The van der Waals surface area contributed by atoms with Crippen molar-refractivity contribution in [3.63, 3.8) is 0 Å². The predicted octanol–water partition coefficient (Wildman–Crippen LogP) is 5.24. The number of hydrogen-bond donors (Lipinski definition) is 1. The van der Waals surface area contributed by atoms with Crippen LogP contribution in [0.4, 0.5) is 5.00 Å². The molecule has 2 aromatic carbocycles. The van der Waals surface area contributed by atoms with E-state index < -0.39 is 0 Å². The fraction of sp³-hybridized carbons (Fsp3) is 0.269. The Kier molecular flexibility index (Phi) is 7.06. The number of amides is 2. The monoisotopic (exact) mass is 459 g/mol. The van der Waals surface area contributed by atoms with Gasteiger partial charge in [0.25, 0.3) is 11.8 Å². The third kappa shape index (κ3) is 5.07. The highest BCUT2D eigenvalue weighted by atomic mass is 32.1. The molecule has 7 heteroatoms. The number of carbonyl (C=O) groups is 2. The first kappa shape index (κ1) is 22.6. The molecule has 0 unspecified atom stereocenters. The van der Waals surface area contributed by atoms with E-state index in [1.54, 1.807) is 24.3 Å². The molecule has 0 aliphatic carbocycles. The lowest BCUT2D eigenvalue weighted by molar-refractivity contribution is -0.118. The average molecular weight is 460 g/mol. The average Bonchev–Trinajstić information content (AvgIpc) is 3.18. The van der Waals surface area contributed by atoms with E-state index in [4.69, 9.17) is 4.74 Å². The van der Waals surface area contributed by atoms with Gasteiger partial charge in [0.05, 0.1) is 11.1 Å². The minimum atomic E-state index is -0.378. The summed E-state index contributed by atoms with van der Waals surface area (Å²) in [6, 6.07) is 18.7. The van der Waals surface area contributed by atoms with Crippen molar-refractivity contribution >= 4 is 28.2 Å². The Balaban J connectivity index is 1.59. The van der Waals surface area contributed by atoms with Crippen LogP contribution in [0.1, 0.15) is 40.7 Å². The molecule has 1 aliphatic rings. The van der Waals surface area contributed by atoms with Gasteiger partial charge in [0.2, 0.25) is 0 Å². The van der Waals surface area contributed by atoms with E-state index in [0.717, 1.165) is 48.4 Å². The van der Waals surface area contributed by atoms with Crippen LogP contribution >= 0.6 is 11.3 Å². The summed E-state index contributed by atoms with van der Waals surface area (Å²) < 4.78 is 5.58. The molecule has 2 amide bonds. The van der Waals surface area contributed by atoms with Crippen LogP contribution in [-0.4, -0.2) is 36.4 Å². The molecule has 0 atom stereocenters. The molecule has 4 rings (SSSR count). The molecule has 33 heavy (non-hydrogen) atoms. The Hall–Kier alpha value is -3.63. The highest BCUT2D eigenvalue weighted by Gasteiger charge is 2.27. The number of para-hydroxylation sites is 1. The fourth-order valence-electron chi connectivity index (χ4n) is 3.97. The molecular formula is C26H25N3O3S. The molecule has 3 aromatic rings. The smallest absolute Gasteiger partial charge is 0.262 e. The first-order valence-electron chi connectivity index (χ1n) is 11.0. The topological polar surface area (TPSA) is 82.4 Å². The van der Waals surface area contributed by atoms with Gasteiger partial charge in [-0.2, -0.15) is 5.26 Å². The third-order valence-corrected chi connectivity index (χ3v) is 6.92. The van der Waals surface area contributed by atoms with Gasteiger partial charge in [-0.05, 0) is 49.4 Å². The largest absolute Gasteiger partial charge is 0.482 e. The summed E-state index contributed by atoms with van der Waals surface area (Å²) in [5.41, 5.74) is 2.79. The predicted molar refractivity (Wildman–Crippen MR) is 130 cm³/mol. The number of nitrogens with zero attached hydrogens (tertiary/aromatic N) is 2. The van der Waals surface area contributed by atoms with Crippen LogP contribution in [0.15, 0.2) is 54.6 Å². The van der Waals surface area contributed by atoms with Gasteiger partial charge in [-0.25, -0.2) is 0 Å². The minimum absolute atomic E-state index is 0.0447. The van der Waals surface area contributed by atoms with Crippen molar-refractivity contribution in [1.82, 2.24) is 4.90 Å². The van der Waals surface area contributed by atoms with Crippen LogP contribution < -0.4 is 10.1 Å². The second-order valence-corrected chi connectivity index (χ2v) is 8.94. The van der Waals surface area contributed by atoms with E-state index in [1.165, 1.54) is 11.3 Å². The SMILES string of the molecule is Cc1c(-c2ccccc2)sc(NC(=O)COc2ccccc2C#N)c1C(=O)N1CCCCC1. The quantitative estimate of drug-likeness (QED) is 0.547. The van der Waals surface area contributed by atoms with E-state index in [9.17, 15) is 14.9 Å². The highest BCUT2D eigenvalue weighted by molar-refractivity contribution is 7.20. The van der Waals surface area contributed by atoms with E-state index in [-0.39, 0.29) is 18.4 Å². The minimum Gasteiger partial charge on any atom is -0.482 e. The van der Waals surface area contributed by atoms with Crippen LogP contribution in [-0.2, 0) is 4.79 Å². The number of ether oxygens (including phenoxy) is 1. The van der Waals surface area contributed by atoms with Crippen LogP contribution in [0, 0.1) is 18.3 Å². The fourth-order valence-corrected chi connectivity index (χ4v) is 5.19. The second-order valence-electron chi connectivity index (χ2n) is 7.92. The number of nitrogens with one attached hydrogen (secondary N) is 1. The van der Waals surface area contributed by atoms with E-state index in [2.05, 4.69) is 11.4 Å². The molecule has 1 fully saturated rings. The summed E-state index contributed by atoms with van der Waals surface area (Å²) in [6.07, 6.45) is 3.12. The van der Waals surface area contributed by atoms with Crippen molar-refractivity contribution in [3.8, 4) is 22.3 Å². The molecule has 0 bridgehead atoms. The Labute approximate surface area is 197 Å². The Morgan fingerprint density at radius 3 is 2.48 bits per heavy atom. The Morgan fingerprint density at radius 1 is 1.06 bits per heavy atom. The maximum Gasteiger partial charge on any atom is 0.262 e. The number of piperidine rings is 1. The normalized spacial score (nSPS) is 13.3. The van der Waals surface area contributed by atoms with Crippen LogP contribution in [0.25, 0.3) is 10.4 Å². The molecule has 0 spiro atoms. The number of anilines is 1. The zero-order valence-corrected chi connectivity index (χ0v) is 19.3. The summed E-state index contributed by atoms with van der Waals surface area (Å²) in [7, 11) is 0. The maximum absolute atomic E-state index is 13.4. The van der Waals surface area contributed by atoms with E-state index >= 15 is 0 Å². The molecule has 0 radical (unpaired) electrons. The Morgan fingerprint density at radius 2 is 1.76 bits per heavy atom. The van der Waals surface area contributed by atoms with Crippen molar-refractivity contribution < 1.29 is 14.3 Å². The van der Waals surface area contributed by atoms with Gasteiger partial charge in [0.1, 0.15) is 16.8 Å². The number of benzene rings is 2. The van der Waals surface area contributed by atoms with Gasteiger partial charge >= 0.3 is 0 Å². The zero-order valence-electron chi connectivity index (χ0n) is 18.5. The molecule has 1 saturated heterocycles. The lowest BCUT2D eigenvalue weighted by Gasteiger charge is -2.27. The van der Waals surface area contributed by atoms with Crippen molar-refractivity contribution in [1.29, 1.82) is 5.26 Å². The summed E-state index contributed by atoms with van der Waals surface area (Å²) in [4.78, 5) is 29.0. The highest BCUT2D eigenvalue weighted by Crippen LogP contribution is 2.40. The van der Waals surface area contributed by atoms with Gasteiger partial charge in [-0.3, -0.25) is 9.59 Å². The zero-order chi connectivity index (χ0) is 23.2. The molecular weight excluding hydrogens is 434 g/mol. The van der Waals surface area contributed by atoms with E-state index in [0.29, 0.717) is 21.9 Å². The van der Waals surface area contributed by atoms with Crippen molar-refractivity contribution in [2.45, 2.75) is 26.2 Å². The van der Waals surface area contributed by atoms with Gasteiger partial charge in [-0.15, -0.1) is 11.3 Å². The lowest BCUT2D eigenvalue weighted by Crippen LogP contribution is -2.36. The van der Waals surface area contributed by atoms with Gasteiger partial charge in [0.15, 0.2) is 6.61 Å². The number of hydrogen-bond acceptors (Lipinski definition) is 5. The standard InChI is InChI=1S/C26H25N3O3S/c1-18-23(26(31)29-14-8-3-9-15-29)25(33-24(18)19-10-4-2-5-11-19)28-22(30)17-32-21-13-7-6-12-20(21)16-27/h2,4-7,10-13H,3,8-9,14-15,17H2,1H3,(H,28,30). The number of carbonyl (C=O) groups excluding carboxylic acids is 2. The molecule has 1 aromatic heterocycles. The van der Waals surface area contributed by atoms with Crippen LogP contribution in [0.5, 0.6) is 5.75 Å². The molecule has 1 aliphatic heterocycles. The van der Waals surface area contributed by atoms with Crippen LogP contribution in [0.3, 0.4) is 0 Å². The number of thiophene rings is 1. The van der Waals surface area contributed by atoms with Gasteiger partial charge in [0, 0.05) is 18.0 Å². The molecule has 6 nitrogen and oxygen atoms in total. The summed E-state index contributed by atoms with van der Waals surface area (Å²) in [6.45, 7) is 3.14. The number of rotatable bonds is 6. The Bertz CT molecular complexity index is 1190. The van der Waals surface area contributed by atoms with Gasteiger partial charge < -0.3 is 15.0 Å². The van der Waals surface area contributed by atoms with Crippen molar-refractivity contribution in [2.24, 2.45) is 0 Å². The first-order chi connectivity index (χ1) is 16.1.